The Hall–Kier alpha value is -3.00. The summed E-state index contributed by atoms with van der Waals surface area (Å²) in [4.78, 5) is 40.1. The van der Waals surface area contributed by atoms with Crippen LogP contribution in [0.5, 0.6) is 0 Å². The van der Waals surface area contributed by atoms with Crippen molar-refractivity contribution in [1.29, 1.82) is 0 Å². The molecule has 0 unspecified atom stereocenters. The van der Waals surface area contributed by atoms with Crippen LogP contribution in [0, 0.1) is 0 Å². The molecule has 26 heavy (non-hydrogen) atoms. The van der Waals surface area contributed by atoms with Gasteiger partial charge in [-0.3, -0.25) is 19.5 Å². The number of nitrogens with one attached hydrogen (secondary N) is 1. The number of hydrogen-bond donors (Lipinski definition) is 2. The average molecular weight is 370 g/mol. The minimum Gasteiger partial charge on any atom is -0.351 e. The zero-order chi connectivity index (χ0) is 18.8. The lowest BCUT2D eigenvalue weighted by molar-refractivity contribution is -0.120. The molecule has 0 atom stereocenters. The summed E-state index contributed by atoms with van der Waals surface area (Å²) in [6, 6.07) is 7.08. The van der Waals surface area contributed by atoms with Crippen LogP contribution in [0.15, 0.2) is 40.8 Å². The lowest BCUT2D eigenvalue weighted by Crippen LogP contribution is -2.39. The Morgan fingerprint density at radius 1 is 1.27 bits per heavy atom. The van der Waals surface area contributed by atoms with Crippen molar-refractivity contribution in [3.8, 4) is 11.1 Å². The lowest BCUT2D eigenvalue weighted by atomic mass is 9.99. The van der Waals surface area contributed by atoms with E-state index in [0.717, 1.165) is 11.1 Å². The summed E-state index contributed by atoms with van der Waals surface area (Å²) in [5.41, 5.74) is 7.50. The van der Waals surface area contributed by atoms with Gasteiger partial charge in [-0.1, -0.05) is 38.1 Å². The zero-order valence-corrected chi connectivity index (χ0v) is 15.2. The summed E-state index contributed by atoms with van der Waals surface area (Å²) in [6.45, 7) is 3.91. The van der Waals surface area contributed by atoms with Gasteiger partial charge in [-0.2, -0.15) is 0 Å². The van der Waals surface area contributed by atoms with E-state index in [1.165, 1.54) is 27.8 Å². The van der Waals surface area contributed by atoms with Crippen molar-refractivity contribution in [2.75, 3.05) is 0 Å². The molecule has 3 amide bonds. The molecule has 3 N–H and O–H groups in total. The maximum atomic E-state index is 12.8. The average Bonchev–Trinajstić information content (AvgIpc) is 3.01. The van der Waals surface area contributed by atoms with Crippen molar-refractivity contribution in [2.45, 2.75) is 26.3 Å². The normalized spacial score (nSPS) is 11.0. The van der Waals surface area contributed by atoms with E-state index in [0.29, 0.717) is 16.1 Å². The van der Waals surface area contributed by atoms with Crippen molar-refractivity contribution in [3.05, 3.63) is 51.9 Å². The van der Waals surface area contributed by atoms with Gasteiger partial charge in [0.05, 0.1) is 11.7 Å². The van der Waals surface area contributed by atoms with E-state index in [4.69, 9.17) is 5.73 Å². The number of aromatic nitrogens is 2. The Balaban J connectivity index is 2.02. The van der Waals surface area contributed by atoms with Gasteiger partial charge in [0, 0.05) is 10.9 Å². The highest BCUT2D eigenvalue weighted by Crippen LogP contribution is 2.31. The molecule has 0 aliphatic heterocycles. The molecule has 0 aliphatic carbocycles. The van der Waals surface area contributed by atoms with E-state index in [-0.39, 0.29) is 12.1 Å². The van der Waals surface area contributed by atoms with Gasteiger partial charge < -0.3 is 5.73 Å². The SMILES string of the molecule is CC(C)c1ccc(-c2csc3ncn(CC(=O)NC(N)=O)c(=O)c23)cc1. The van der Waals surface area contributed by atoms with E-state index >= 15 is 0 Å². The van der Waals surface area contributed by atoms with Crippen molar-refractivity contribution in [1.82, 2.24) is 14.9 Å². The molecular formula is C18H18N4O3S. The Bertz CT molecular complexity index is 1030. The molecular weight excluding hydrogens is 352 g/mol. The number of rotatable bonds is 4. The maximum absolute atomic E-state index is 12.8. The first-order valence-electron chi connectivity index (χ1n) is 8.03. The quantitative estimate of drug-likeness (QED) is 0.735. The number of urea groups is 1. The summed E-state index contributed by atoms with van der Waals surface area (Å²) < 4.78 is 1.17. The highest BCUT2D eigenvalue weighted by molar-refractivity contribution is 7.17. The van der Waals surface area contributed by atoms with Crippen molar-refractivity contribution in [2.24, 2.45) is 5.73 Å². The molecule has 8 heteroatoms. The molecule has 0 fully saturated rings. The smallest absolute Gasteiger partial charge is 0.318 e. The number of benzene rings is 1. The fraction of sp³-hybridized carbons (Fsp3) is 0.222. The first-order chi connectivity index (χ1) is 12.4. The predicted octanol–water partition coefficient (Wildman–Crippen LogP) is 2.44. The van der Waals surface area contributed by atoms with Crippen molar-refractivity contribution >= 4 is 33.5 Å². The number of nitrogens with zero attached hydrogens (tertiary/aromatic N) is 2. The molecule has 3 aromatic rings. The summed E-state index contributed by atoms with van der Waals surface area (Å²) in [7, 11) is 0. The van der Waals surface area contributed by atoms with Gasteiger partial charge >= 0.3 is 6.03 Å². The number of imide groups is 1. The van der Waals surface area contributed by atoms with Crippen LogP contribution in [0.3, 0.4) is 0 Å². The molecule has 7 nitrogen and oxygen atoms in total. The Labute approximate surface area is 153 Å². The fourth-order valence-electron chi connectivity index (χ4n) is 2.67. The van der Waals surface area contributed by atoms with E-state index in [1.807, 2.05) is 35.0 Å². The molecule has 1 aromatic carbocycles. The number of primary amides is 1. The second-order valence-electron chi connectivity index (χ2n) is 6.20. The highest BCUT2D eigenvalue weighted by Gasteiger charge is 2.15. The van der Waals surface area contributed by atoms with E-state index in [1.54, 1.807) is 0 Å². The largest absolute Gasteiger partial charge is 0.351 e. The van der Waals surface area contributed by atoms with Gasteiger partial charge in [-0.25, -0.2) is 9.78 Å². The third-order valence-corrected chi connectivity index (χ3v) is 4.91. The van der Waals surface area contributed by atoms with Gasteiger partial charge in [-0.15, -0.1) is 11.3 Å². The number of fused-ring (bicyclic) bond motifs is 1. The Morgan fingerprint density at radius 2 is 1.96 bits per heavy atom. The summed E-state index contributed by atoms with van der Waals surface area (Å²) in [5.74, 6) is -0.246. The van der Waals surface area contributed by atoms with Gasteiger partial charge in [0.15, 0.2) is 0 Å². The van der Waals surface area contributed by atoms with Gasteiger partial charge in [-0.05, 0) is 17.0 Å². The van der Waals surface area contributed by atoms with Crippen molar-refractivity contribution < 1.29 is 9.59 Å². The molecule has 0 spiro atoms. The summed E-state index contributed by atoms with van der Waals surface area (Å²) >= 11 is 1.37. The molecule has 3 rings (SSSR count). The van der Waals surface area contributed by atoms with Crippen LogP contribution in [0.25, 0.3) is 21.3 Å². The standard InChI is InChI=1S/C18H18N4O3S/c1-10(2)11-3-5-12(6-4-11)13-8-26-16-15(13)17(24)22(9-20-16)7-14(23)21-18(19)25/h3-6,8-10H,7H2,1-2H3,(H3,19,21,23,25). The number of carbonyl (C=O) groups excluding carboxylic acids is 2. The van der Waals surface area contributed by atoms with Crippen LogP contribution >= 0.6 is 11.3 Å². The highest BCUT2D eigenvalue weighted by atomic mass is 32.1. The number of nitrogens with two attached hydrogens (primary N) is 1. The first kappa shape index (κ1) is 17.8. The summed E-state index contributed by atoms with van der Waals surface area (Å²) in [5, 5.41) is 4.28. The number of carbonyl (C=O) groups is 2. The Morgan fingerprint density at radius 3 is 2.58 bits per heavy atom. The van der Waals surface area contributed by atoms with Gasteiger partial charge in [0.25, 0.3) is 5.56 Å². The molecule has 0 saturated carbocycles. The molecule has 0 aliphatic rings. The van der Waals surface area contributed by atoms with E-state index in [2.05, 4.69) is 18.8 Å². The third kappa shape index (κ3) is 3.50. The number of thiophene rings is 1. The zero-order valence-electron chi connectivity index (χ0n) is 14.4. The Kier molecular flexibility index (Phi) is 4.85. The van der Waals surface area contributed by atoms with Crippen LogP contribution in [-0.4, -0.2) is 21.5 Å². The fourth-order valence-corrected chi connectivity index (χ4v) is 3.58. The second kappa shape index (κ2) is 7.09. The number of amides is 3. The minimum absolute atomic E-state index is 0.327. The first-order valence-corrected chi connectivity index (χ1v) is 8.91. The topological polar surface area (TPSA) is 107 Å². The number of hydrogen-bond acceptors (Lipinski definition) is 5. The van der Waals surface area contributed by atoms with Crippen LogP contribution in [0.2, 0.25) is 0 Å². The summed E-state index contributed by atoms with van der Waals surface area (Å²) in [6.07, 6.45) is 1.30. The molecule has 0 bridgehead atoms. The lowest BCUT2D eigenvalue weighted by Gasteiger charge is -2.07. The molecule has 2 aromatic heterocycles. The minimum atomic E-state index is -0.960. The molecule has 0 saturated heterocycles. The van der Waals surface area contributed by atoms with E-state index < -0.39 is 11.9 Å². The monoisotopic (exact) mass is 370 g/mol. The van der Waals surface area contributed by atoms with Crippen LogP contribution in [0.4, 0.5) is 4.79 Å². The maximum Gasteiger partial charge on any atom is 0.318 e. The van der Waals surface area contributed by atoms with E-state index in [9.17, 15) is 14.4 Å². The molecule has 0 radical (unpaired) electrons. The van der Waals surface area contributed by atoms with Crippen LogP contribution < -0.4 is 16.6 Å². The second-order valence-corrected chi connectivity index (χ2v) is 7.05. The molecule has 2 heterocycles. The van der Waals surface area contributed by atoms with Gasteiger partial charge in [0.2, 0.25) is 5.91 Å². The van der Waals surface area contributed by atoms with Crippen LogP contribution in [-0.2, 0) is 11.3 Å². The van der Waals surface area contributed by atoms with Gasteiger partial charge in [0.1, 0.15) is 11.4 Å². The van der Waals surface area contributed by atoms with Crippen LogP contribution in [0.1, 0.15) is 25.3 Å². The van der Waals surface area contributed by atoms with Crippen molar-refractivity contribution in [3.63, 3.8) is 0 Å². The predicted molar refractivity (Wildman–Crippen MR) is 101 cm³/mol. The third-order valence-electron chi connectivity index (χ3n) is 4.03. The molecule has 134 valence electrons.